The Kier molecular flexibility index (Phi) is 3.11. The zero-order valence-corrected chi connectivity index (χ0v) is 6.69. The second-order valence-corrected chi connectivity index (χ2v) is 2.51. The van der Waals surface area contributed by atoms with Crippen LogP contribution in [0, 0.1) is 5.41 Å². The molecule has 0 saturated carbocycles. The number of alkyl halides is 9. The van der Waals surface area contributed by atoms with Gasteiger partial charge in [0, 0.05) is 0 Å². The molecule has 0 aliphatic heterocycles. The van der Waals surface area contributed by atoms with Crippen LogP contribution < -0.4 is 0 Å². The maximum absolute atomic E-state index is 11.9. The Hall–Kier alpha value is -0.890. The number of hydrogen-bond donors (Lipinski definition) is 0. The van der Waals surface area contributed by atoms with Gasteiger partial charge in [-0.2, -0.15) is 39.5 Å². The molecule has 0 fully saturated rings. The third-order valence-corrected chi connectivity index (χ3v) is 1.65. The highest BCUT2D eigenvalue weighted by Crippen LogP contribution is 2.59. The van der Waals surface area contributed by atoms with Crippen molar-refractivity contribution in [3.05, 3.63) is 12.7 Å². The number of rotatable bonds is 1. The summed E-state index contributed by atoms with van der Waals surface area (Å²) < 4.78 is 107. The van der Waals surface area contributed by atoms with Crippen molar-refractivity contribution in [2.24, 2.45) is 5.41 Å². The molecule has 0 unspecified atom stereocenters. The van der Waals surface area contributed by atoms with Crippen molar-refractivity contribution in [1.82, 2.24) is 0 Å². The second-order valence-electron chi connectivity index (χ2n) is 2.51. The standard InChI is InChI=1S/C6H3F9/c1-2-3(4(7,8)9,5(10,11)12)6(13,14)15/h2H,1H2. The fourth-order valence-corrected chi connectivity index (χ4v) is 0.829. The van der Waals surface area contributed by atoms with E-state index in [1.54, 1.807) is 0 Å². The highest BCUT2D eigenvalue weighted by molar-refractivity contribution is 5.10. The predicted octanol–water partition coefficient (Wildman–Crippen LogP) is 3.85. The maximum Gasteiger partial charge on any atom is 0.415 e. The first-order valence-corrected chi connectivity index (χ1v) is 3.15. The third kappa shape index (κ3) is 1.91. The summed E-state index contributed by atoms with van der Waals surface area (Å²) in [4.78, 5) is 0. The maximum atomic E-state index is 11.9. The summed E-state index contributed by atoms with van der Waals surface area (Å²) in [7, 11) is 0. The van der Waals surface area contributed by atoms with Crippen molar-refractivity contribution in [2.75, 3.05) is 0 Å². The molecule has 0 bridgehead atoms. The molecule has 0 aromatic heterocycles. The van der Waals surface area contributed by atoms with Gasteiger partial charge in [0.2, 0.25) is 0 Å². The molecule has 0 saturated heterocycles. The lowest BCUT2D eigenvalue weighted by molar-refractivity contribution is -0.406. The molecular formula is C6H3F9. The van der Waals surface area contributed by atoms with Gasteiger partial charge < -0.3 is 0 Å². The lowest BCUT2D eigenvalue weighted by atomic mass is 9.85. The van der Waals surface area contributed by atoms with Gasteiger partial charge in [-0.15, -0.1) is 6.58 Å². The molecule has 0 aliphatic rings. The fourth-order valence-electron chi connectivity index (χ4n) is 0.829. The van der Waals surface area contributed by atoms with Gasteiger partial charge in [0.25, 0.3) is 5.41 Å². The Morgan fingerprint density at radius 2 is 0.800 bits per heavy atom. The quantitative estimate of drug-likeness (QED) is 0.487. The monoisotopic (exact) mass is 246 g/mol. The molecule has 0 aromatic rings. The van der Waals surface area contributed by atoms with E-state index in [0.29, 0.717) is 0 Å². The molecular weight excluding hydrogens is 243 g/mol. The van der Waals surface area contributed by atoms with Crippen LogP contribution in [0.2, 0.25) is 0 Å². The van der Waals surface area contributed by atoms with E-state index in [0.717, 1.165) is 0 Å². The first-order valence-electron chi connectivity index (χ1n) is 3.15. The van der Waals surface area contributed by atoms with Gasteiger partial charge >= 0.3 is 18.5 Å². The minimum Gasteiger partial charge on any atom is -0.169 e. The van der Waals surface area contributed by atoms with Crippen LogP contribution in [0.5, 0.6) is 0 Å². The van der Waals surface area contributed by atoms with Gasteiger partial charge in [-0.05, 0) is 0 Å². The van der Waals surface area contributed by atoms with Crippen LogP contribution in [0.1, 0.15) is 0 Å². The van der Waals surface area contributed by atoms with Gasteiger partial charge in [0.1, 0.15) is 0 Å². The molecule has 90 valence electrons. The summed E-state index contributed by atoms with van der Waals surface area (Å²) in [5.74, 6) is 0. The van der Waals surface area contributed by atoms with E-state index in [4.69, 9.17) is 0 Å². The van der Waals surface area contributed by atoms with Crippen molar-refractivity contribution >= 4 is 0 Å². The average molecular weight is 246 g/mol. The SMILES string of the molecule is C=CC(C(F)(F)F)(C(F)(F)F)C(F)(F)F. The van der Waals surface area contributed by atoms with E-state index in [2.05, 4.69) is 0 Å². The van der Waals surface area contributed by atoms with Crippen molar-refractivity contribution in [2.45, 2.75) is 18.5 Å². The summed E-state index contributed by atoms with van der Waals surface area (Å²) in [6, 6.07) is 0. The Morgan fingerprint density at radius 1 is 0.600 bits per heavy atom. The number of hydrogen-bond acceptors (Lipinski definition) is 0. The van der Waals surface area contributed by atoms with Gasteiger partial charge in [-0.25, -0.2) is 0 Å². The van der Waals surface area contributed by atoms with E-state index in [1.807, 2.05) is 6.58 Å². The Morgan fingerprint density at radius 3 is 0.800 bits per heavy atom. The molecule has 0 spiro atoms. The van der Waals surface area contributed by atoms with Gasteiger partial charge in [0.05, 0.1) is 0 Å². The van der Waals surface area contributed by atoms with E-state index in [1.165, 1.54) is 0 Å². The van der Waals surface area contributed by atoms with E-state index in [-0.39, 0.29) is 0 Å². The lowest BCUT2D eigenvalue weighted by Crippen LogP contribution is -2.58. The molecule has 15 heavy (non-hydrogen) atoms. The number of halogens is 9. The van der Waals surface area contributed by atoms with Gasteiger partial charge in [-0.3, -0.25) is 0 Å². The van der Waals surface area contributed by atoms with Crippen LogP contribution in [0.15, 0.2) is 12.7 Å². The fraction of sp³-hybridized carbons (Fsp3) is 0.667. The van der Waals surface area contributed by atoms with Crippen LogP contribution in [-0.4, -0.2) is 18.5 Å². The predicted molar refractivity (Wildman–Crippen MR) is 30.8 cm³/mol. The summed E-state index contributed by atoms with van der Waals surface area (Å²) in [5, 5.41) is 0. The largest absolute Gasteiger partial charge is 0.415 e. The van der Waals surface area contributed by atoms with Crippen molar-refractivity contribution in [3.8, 4) is 0 Å². The average Bonchev–Trinajstić information content (AvgIpc) is 1.76. The van der Waals surface area contributed by atoms with Crippen LogP contribution in [0.25, 0.3) is 0 Å². The van der Waals surface area contributed by atoms with Gasteiger partial charge in [0.15, 0.2) is 0 Å². The molecule has 0 radical (unpaired) electrons. The first kappa shape index (κ1) is 14.1. The topological polar surface area (TPSA) is 0 Å². The minimum absolute atomic E-state index is 1.19. The Balaban J connectivity index is 5.89. The van der Waals surface area contributed by atoms with Crippen LogP contribution in [0.4, 0.5) is 39.5 Å². The Labute approximate surface area is 77.4 Å². The van der Waals surface area contributed by atoms with Crippen LogP contribution in [-0.2, 0) is 0 Å². The highest BCUT2D eigenvalue weighted by Gasteiger charge is 2.82. The zero-order chi connectivity index (χ0) is 12.7. The first-order chi connectivity index (χ1) is 6.31. The summed E-state index contributed by atoms with van der Waals surface area (Å²) in [6.45, 7) is 1.97. The van der Waals surface area contributed by atoms with E-state index < -0.39 is 30.0 Å². The lowest BCUT2D eigenvalue weighted by Gasteiger charge is -2.35. The van der Waals surface area contributed by atoms with Gasteiger partial charge in [-0.1, -0.05) is 6.08 Å². The molecule has 0 aliphatic carbocycles. The smallest absolute Gasteiger partial charge is 0.169 e. The van der Waals surface area contributed by atoms with Crippen LogP contribution >= 0.6 is 0 Å². The highest BCUT2D eigenvalue weighted by atomic mass is 19.4. The normalized spacial score (nSPS) is 15.3. The molecule has 0 amide bonds. The molecule has 0 N–H and O–H groups in total. The molecule has 9 heteroatoms. The summed E-state index contributed by atoms with van der Waals surface area (Å²) in [5.41, 5.74) is -5.88. The van der Waals surface area contributed by atoms with Crippen molar-refractivity contribution in [1.29, 1.82) is 0 Å². The van der Waals surface area contributed by atoms with E-state index >= 15 is 0 Å². The molecule has 0 aromatic carbocycles. The second kappa shape index (κ2) is 3.31. The van der Waals surface area contributed by atoms with Crippen molar-refractivity contribution in [3.63, 3.8) is 0 Å². The van der Waals surface area contributed by atoms with E-state index in [9.17, 15) is 39.5 Å². The summed E-state index contributed by atoms with van der Waals surface area (Å²) in [6.07, 6.45) is -20.8. The van der Waals surface area contributed by atoms with Crippen LogP contribution in [0.3, 0.4) is 0 Å². The Bertz CT molecular complexity index is 203. The zero-order valence-electron chi connectivity index (χ0n) is 6.69. The molecule has 0 rings (SSSR count). The number of allylic oxidation sites excluding steroid dienone is 1. The molecule has 0 heterocycles. The third-order valence-electron chi connectivity index (χ3n) is 1.65. The van der Waals surface area contributed by atoms with Crippen molar-refractivity contribution < 1.29 is 39.5 Å². The summed E-state index contributed by atoms with van der Waals surface area (Å²) >= 11 is 0. The minimum atomic E-state index is -6.54. The molecule has 0 nitrogen and oxygen atoms in total. The molecule has 0 atom stereocenters.